The maximum Gasteiger partial charge on any atom is 0.203 e. The number of pyridine rings is 1. The van der Waals surface area contributed by atoms with Crippen LogP contribution in [0.1, 0.15) is 11.3 Å². The monoisotopic (exact) mass is 341 g/mol. The van der Waals surface area contributed by atoms with E-state index in [0.717, 1.165) is 23.4 Å². The van der Waals surface area contributed by atoms with E-state index in [9.17, 15) is 0 Å². The van der Waals surface area contributed by atoms with E-state index in [2.05, 4.69) is 21.3 Å². The second kappa shape index (κ2) is 7.44. The van der Waals surface area contributed by atoms with Crippen molar-refractivity contribution >= 4 is 5.65 Å². The standard InChI is InChI=1S/C19H23N3O3/c1-21(13-15-11-20-17-7-5-6-10-22(15)17)12-14-8-9-16(23-2)19(25-4)18(14)24-3/h5-11H,12-13H2,1-4H3. The molecule has 0 atom stereocenters. The van der Waals surface area contributed by atoms with Gasteiger partial charge in [0.05, 0.1) is 33.2 Å². The molecule has 0 N–H and O–H groups in total. The van der Waals surface area contributed by atoms with E-state index in [1.54, 1.807) is 21.3 Å². The smallest absolute Gasteiger partial charge is 0.203 e. The first-order valence-corrected chi connectivity index (χ1v) is 8.05. The number of hydrogen-bond donors (Lipinski definition) is 0. The lowest BCUT2D eigenvalue weighted by Gasteiger charge is -2.20. The molecule has 0 aliphatic rings. The molecular weight excluding hydrogens is 318 g/mol. The molecule has 0 radical (unpaired) electrons. The van der Waals surface area contributed by atoms with Crippen molar-refractivity contribution in [3.05, 3.63) is 54.0 Å². The van der Waals surface area contributed by atoms with Crippen LogP contribution in [0.2, 0.25) is 0 Å². The molecule has 0 saturated heterocycles. The van der Waals surface area contributed by atoms with Crippen LogP contribution in [0.25, 0.3) is 5.65 Å². The molecule has 2 aromatic heterocycles. The van der Waals surface area contributed by atoms with Crippen LogP contribution in [0.4, 0.5) is 0 Å². The minimum atomic E-state index is 0.616. The molecule has 3 rings (SSSR count). The second-order valence-electron chi connectivity index (χ2n) is 5.84. The van der Waals surface area contributed by atoms with Crippen LogP contribution in [0.3, 0.4) is 0 Å². The highest BCUT2D eigenvalue weighted by Gasteiger charge is 2.17. The van der Waals surface area contributed by atoms with Crippen molar-refractivity contribution in [2.75, 3.05) is 28.4 Å². The first-order valence-electron chi connectivity index (χ1n) is 8.05. The lowest BCUT2D eigenvalue weighted by molar-refractivity contribution is 0.294. The molecule has 0 aliphatic carbocycles. The van der Waals surface area contributed by atoms with Crippen LogP contribution in [-0.4, -0.2) is 42.7 Å². The molecule has 2 heterocycles. The lowest BCUT2D eigenvalue weighted by atomic mass is 10.1. The van der Waals surface area contributed by atoms with E-state index < -0.39 is 0 Å². The Labute approximate surface area is 147 Å². The van der Waals surface area contributed by atoms with Gasteiger partial charge in [0.15, 0.2) is 11.5 Å². The first kappa shape index (κ1) is 17.1. The van der Waals surface area contributed by atoms with Crippen LogP contribution in [0.15, 0.2) is 42.7 Å². The van der Waals surface area contributed by atoms with E-state index in [1.807, 2.05) is 42.7 Å². The number of fused-ring (bicyclic) bond motifs is 1. The zero-order valence-corrected chi connectivity index (χ0v) is 15.0. The predicted molar refractivity (Wildman–Crippen MR) is 96.5 cm³/mol. The molecule has 0 aliphatic heterocycles. The fourth-order valence-corrected chi connectivity index (χ4v) is 3.01. The number of methoxy groups -OCH3 is 3. The van der Waals surface area contributed by atoms with Crippen molar-refractivity contribution < 1.29 is 14.2 Å². The predicted octanol–water partition coefficient (Wildman–Crippen LogP) is 2.99. The third-order valence-corrected chi connectivity index (χ3v) is 4.15. The van der Waals surface area contributed by atoms with Gasteiger partial charge in [-0.15, -0.1) is 0 Å². The summed E-state index contributed by atoms with van der Waals surface area (Å²) in [6.07, 6.45) is 3.94. The summed E-state index contributed by atoms with van der Waals surface area (Å²) in [5.74, 6) is 1.98. The van der Waals surface area contributed by atoms with Crippen molar-refractivity contribution in [3.63, 3.8) is 0 Å². The summed E-state index contributed by atoms with van der Waals surface area (Å²) in [6, 6.07) is 9.91. The molecule has 132 valence electrons. The van der Waals surface area contributed by atoms with Crippen LogP contribution >= 0.6 is 0 Å². The van der Waals surface area contributed by atoms with E-state index in [1.165, 1.54) is 0 Å². The van der Waals surface area contributed by atoms with Gasteiger partial charge in [-0.1, -0.05) is 12.1 Å². The van der Waals surface area contributed by atoms with Gasteiger partial charge in [0, 0.05) is 24.8 Å². The minimum Gasteiger partial charge on any atom is -0.493 e. The van der Waals surface area contributed by atoms with Gasteiger partial charge in [-0.05, 0) is 25.2 Å². The molecule has 0 saturated carbocycles. The molecule has 0 amide bonds. The van der Waals surface area contributed by atoms with Gasteiger partial charge in [0.25, 0.3) is 0 Å². The van der Waals surface area contributed by atoms with Crippen molar-refractivity contribution in [1.29, 1.82) is 0 Å². The number of hydrogen-bond acceptors (Lipinski definition) is 5. The summed E-state index contributed by atoms with van der Waals surface area (Å²) in [6.45, 7) is 1.48. The van der Waals surface area contributed by atoms with Gasteiger partial charge in [-0.3, -0.25) is 4.90 Å². The summed E-state index contributed by atoms with van der Waals surface area (Å²) >= 11 is 0. The maximum atomic E-state index is 5.57. The Bertz CT molecular complexity index is 860. The normalized spacial score (nSPS) is 11.1. The second-order valence-corrected chi connectivity index (χ2v) is 5.84. The molecule has 6 heteroatoms. The number of imidazole rings is 1. The van der Waals surface area contributed by atoms with E-state index in [4.69, 9.17) is 14.2 Å². The summed E-state index contributed by atoms with van der Waals surface area (Å²) in [4.78, 5) is 6.65. The van der Waals surface area contributed by atoms with Crippen LogP contribution in [0.5, 0.6) is 17.2 Å². The molecule has 25 heavy (non-hydrogen) atoms. The van der Waals surface area contributed by atoms with E-state index in [0.29, 0.717) is 23.8 Å². The Morgan fingerprint density at radius 2 is 1.76 bits per heavy atom. The van der Waals surface area contributed by atoms with Gasteiger partial charge < -0.3 is 18.6 Å². The average Bonchev–Trinajstić information content (AvgIpc) is 3.04. The molecule has 0 spiro atoms. The largest absolute Gasteiger partial charge is 0.493 e. The van der Waals surface area contributed by atoms with Crippen LogP contribution < -0.4 is 14.2 Å². The van der Waals surface area contributed by atoms with Crippen molar-refractivity contribution in [2.45, 2.75) is 13.1 Å². The third-order valence-electron chi connectivity index (χ3n) is 4.15. The quantitative estimate of drug-likeness (QED) is 0.661. The van der Waals surface area contributed by atoms with Crippen LogP contribution in [-0.2, 0) is 13.1 Å². The van der Waals surface area contributed by atoms with Gasteiger partial charge in [-0.25, -0.2) is 4.98 Å². The minimum absolute atomic E-state index is 0.616. The molecule has 1 aromatic carbocycles. The zero-order chi connectivity index (χ0) is 17.8. The topological polar surface area (TPSA) is 48.2 Å². The Morgan fingerprint density at radius 1 is 0.960 bits per heavy atom. The highest BCUT2D eigenvalue weighted by molar-refractivity contribution is 5.55. The SMILES string of the molecule is COc1ccc(CN(C)Cc2cnc3ccccn23)c(OC)c1OC. The number of benzene rings is 1. The van der Waals surface area contributed by atoms with Crippen molar-refractivity contribution in [2.24, 2.45) is 0 Å². The van der Waals surface area contributed by atoms with E-state index >= 15 is 0 Å². The van der Waals surface area contributed by atoms with Gasteiger partial charge >= 0.3 is 0 Å². The molecule has 3 aromatic rings. The van der Waals surface area contributed by atoms with Crippen molar-refractivity contribution in [3.8, 4) is 17.2 Å². The van der Waals surface area contributed by atoms with E-state index in [-0.39, 0.29) is 0 Å². The summed E-state index contributed by atoms with van der Waals surface area (Å²) < 4.78 is 18.5. The zero-order valence-electron chi connectivity index (χ0n) is 15.0. The average molecular weight is 341 g/mol. The van der Waals surface area contributed by atoms with Gasteiger partial charge in [0.1, 0.15) is 5.65 Å². The number of rotatable bonds is 7. The number of nitrogens with zero attached hydrogens (tertiary/aromatic N) is 3. The first-order chi connectivity index (χ1) is 12.2. The molecule has 0 unspecified atom stereocenters. The summed E-state index contributed by atoms with van der Waals surface area (Å²) in [7, 11) is 6.95. The molecule has 0 bridgehead atoms. The third kappa shape index (κ3) is 3.39. The Hall–Kier alpha value is -2.73. The Kier molecular flexibility index (Phi) is 5.09. The highest BCUT2D eigenvalue weighted by Crippen LogP contribution is 2.40. The summed E-state index contributed by atoms with van der Waals surface area (Å²) in [5, 5.41) is 0. The van der Waals surface area contributed by atoms with Gasteiger partial charge in [-0.2, -0.15) is 0 Å². The number of ether oxygens (including phenoxy) is 3. The fraction of sp³-hybridized carbons (Fsp3) is 0.316. The Balaban J connectivity index is 1.82. The van der Waals surface area contributed by atoms with Gasteiger partial charge in [0.2, 0.25) is 5.75 Å². The summed E-state index contributed by atoms with van der Waals surface area (Å²) in [5.41, 5.74) is 3.13. The molecular formula is C19H23N3O3. The highest BCUT2D eigenvalue weighted by atomic mass is 16.5. The lowest BCUT2D eigenvalue weighted by Crippen LogP contribution is -2.19. The Morgan fingerprint density at radius 3 is 2.48 bits per heavy atom. The van der Waals surface area contributed by atoms with Crippen molar-refractivity contribution in [1.82, 2.24) is 14.3 Å². The number of aromatic nitrogens is 2. The maximum absolute atomic E-state index is 5.57. The fourth-order valence-electron chi connectivity index (χ4n) is 3.01. The molecule has 6 nitrogen and oxygen atoms in total. The molecule has 0 fully saturated rings. The van der Waals surface area contributed by atoms with Crippen LogP contribution in [0, 0.1) is 0 Å².